The molecular weight excluding hydrogens is 324 g/mol. The van der Waals surface area contributed by atoms with Gasteiger partial charge in [0.25, 0.3) is 0 Å². The predicted octanol–water partition coefficient (Wildman–Crippen LogP) is 1.38. The van der Waals surface area contributed by atoms with Gasteiger partial charge in [-0.15, -0.1) is 0 Å². The molecule has 3 aliphatic rings. The number of fused-ring (bicyclic) bond motifs is 1. The minimum absolute atomic E-state index is 0.0377. The number of rotatable bonds is 2. The second-order valence-corrected chi connectivity index (χ2v) is 5.66. The molecule has 0 amide bonds. The van der Waals surface area contributed by atoms with Gasteiger partial charge in [-0.25, -0.2) is 9.59 Å². The minimum atomic E-state index is -0.796. The van der Waals surface area contributed by atoms with Gasteiger partial charge in [-0.3, -0.25) is 14.4 Å². The van der Waals surface area contributed by atoms with E-state index in [1.165, 1.54) is 36.8 Å². The van der Waals surface area contributed by atoms with Crippen molar-refractivity contribution < 1.29 is 28.7 Å². The van der Waals surface area contributed by atoms with Crippen molar-refractivity contribution in [3.8, 4) is 0 Å². The highest BCUT2D eigenvalue weighted by Gasteiger charge is 2.33. The summed E-state index contributed by atoms with van der Waals surface area (Å²) in [5.41, 5.74) is 0.729. The molecule has 120 valence electrons. The van der Waals surface area contributed by atoms with E-state index < -0.39 is 23.6 Å². The molecule has 1 heterocycles. The number of Topliss-reactive ketones (excluding diaryl/α,β-unsaturated/α-hetero) is 2. The molecular formula is C19H8O6. The van der Waals surface area contributed by atoms with Crippen molar-refractivity contribution in [3.63, 3.8) is 0 Å². The van der Waals surface area contributed by atoms with Crippen LogP contribution in [0, 0.1) is 18.4 Å². The first-order chi connectivity index (χ1) is 12.0. The summed E-state index contributed by atoms with van der Waals surface area (Å²) in [7, 11) is 0. The topological polar surface area (TPSA) is 94.6 Å². The number of cyclic esters (lactones) is 2. The standard InChI is InChI=1S/C19H8O6/c20-15-5-6-16(21)13-7-9(1-3-11(13)15)17(22)10-2-4-12-14(8-10)19(24)25-18(12)23/h1-5,7-9H. The Kier molecular flexibility index (Phi) is 3.21. The van der Waals surface area contributed by atoms with E-state index in [4.69, 9.17) is 0 Å². The van der Waals surface area contributed by atoms with Gasteiger partial charge in [0.15, 0.2) is 17.3 Å². The first kappa shape index (κ1) is 15.1. The normalized spacial score (nSPS) is 21.4. The molecule has 0 N–H and O–H groups in total. The molecule has 1 aromatic rings. The Labute approximate surface area is 141 Å². The molecule has 6 heteroatoms. The summed E-state index contributed by atoms with van der Waals surface area (Å²) in [6.45, 7) is 0. The molecule has 0 bridgehead atoms. The molecule has 0 aromatic heterocycles. The summed E-state index contributed by atoms with van der Waals surface area (Å²) in [5.74, 6) is -3.47. The highest BCUT2D eigenvalue weighted by Crippen LogP contribution is 2.30. The van der Waals surface area contributed by atoms with E-state index in [9.17, 15) is 24.0 Å². The molecule has 1 aliphatic heterocycles. The Hall–Kier alpha value is -3.41. The maximum atomic E-state index is 12.7. The molecule has 2 radical (unpaired) electrons. The molecule has 4 rings (SSSR count). The fourth-order valence-electron chi connectivity index (χ4n) is 2.91. The van der Waals surface area contributed by atoms with E-state index in [0.717, 1.165) is 6.08 Å². The lowest BCUT2D eigenvalue weighted by molar-refractivity contribution is -0.115. The first-order valence-electron chi connectivity index (χ1n) is 7.36. The molecule has 0 saturated carbocycles. The molecule has 2 aliphatic carbocycles. The van der Waals surface area contributed by atoms with Gasteiger partial charge in [-0.2, -0.15) is 0 Å². The van der Waals surface area contributed by atoms with Crippen molar-refractivity contribution in [2.75, 3.05) is 0 Å². The minimum Gasteiger partial charge on any atom is -0.386 e. The summed E-state index contributed by atoms with van der Waals surface area (Å²) in [5, 5.41) is 0. The Morgan fingerprint density at radius 2 is 1.76 bits per heavy atom. The number of ether oxygens (including phenoxy) is 1. The zero-order chi connectivity index (χ0) is 17.7. The molecule has 25 heavy (non-hydrogen) atoms. The number of benzene rings is 1. The van der Waals surface area contributed by atoms with Crippen LogP contribution >= 0.6 is 0 Å². The maximum absolute atomic E-state index is 12.7. The van der Waals surface area contributed by atoms with Gasteiger partial charge in [0.1, 0.15) is 0 Å². The summed E-state index contributed by atoms with van der Waals surface area (Å²) in [6.07, 6.45) is 7.77. The van der Waals surface area contributed by atoms with Crippen LogP contribution in [0.2, 0.25) is 0 Å². The van der Waals surface area contributed by atoms with E-state index in [1.54, 1.807) is 0 Å². The largest absolute Gasteiger partial charge is 0.386 e. The molecule has 0 saturated heterocycles. The summed E-state index contributed by atoms with van der Waals surface area (Å²) in [4.78, 5) is 59.4. The van der Waals surface area contributed by atoms with E-state index in [0.29, 0.717) is 0 Å². The van der Waals surface area contributed by atoms with Crippen LogP contribution in [-0.2, 0) is 14.3 Å². The monoisotopic (exact) mass is 332 g/mol. The van der Waals surface area contributed by atoms with Crippen LogP contribution in [0.5, 0.6) is 0 Å². The van der Waals surface area contributed by atoms with E-state index >= 15 is 0 Å². The van der Waals surface area contributed by atoms with Gasteiger partial charge >= 0.3 is 11.9 Å². The molecule has 1 aromatic carbocycles. The summed E-state index contributed by atoms with van der Waals surface area (Å²) in [6, 6.07) is 4.08. The zero-order valence-corrected chi connectivity index (χ0v) is 12.6. The maximum Gasteiger partial charge on any atom is 0.346 e. The van der Waals surface area contributed by atoms with Crippen molar-refractivity contribution in [2.24, 2.45) is 5.92 Å². The van der Waals surface area contributed by atoms with E-state index in [1.807, 2.05) is 0 Å². The predicted molar refractivity (Wildman–Crippen MR) is 82.3 cm³/mol. The highest BCUT2D eigenvalue weighted by molar-refractivity contribution is 6.22. The number of esters is 2. The van der Waals surface area contributed by atoms with Crippen molar-refractivity contribution in [3.05, 3.63) is 76.8 Å². The Balaban J connectivity index is 1.64. The van der Waals surface area contributed by atoms with Crippen LogP contribution < -0.4 is 0 Å². The second kappa shape index (κ2) is 5.31. The van der Waals surface area contributed by atoms with Crippen molar-refractivity contribution in [2.45, 2.75) is 0 Å². The highest BCUT2D eigenvalue weighted by atomic mass is 16.6. The van der Waals surface area contributed by atoms with Gasteiger partial charge < -0.3 is 4.74 Å². The zero-order valence-electron chi connectivity index (χ0n) is 12.6. The fourth-order valence-corrected chi connectivity index (χ4v) is 2.91. The fraction of sp³-hybridized carbons (Fsp3) is 0.0526. The van der Waals surface area contributed by atoms with Gasteiger partial charge in [0.2, 0.25) is 0 Å². The van der Waals surface area contributed by atoms with Crippen LogP contribution in [0.4, 0.5) is 0 Å². The third-order valence-electron chi connectivity index (χ3n) is 4.18. The van der Waals surface area contributed by atoms with Gasteiger partial charge in [-0.1, -0.05) is 18.2 Å². The van der Waals surface area contributed by atoms with Gasteiger partial charge in [0.05, 0.1) is 11.1 Å². The number of carbonyl (C=O) groups is 5. The van der Waals surface area contributed by atoms with E-state index in [2.05, 4.69) is 10.8 Å². The molecule has 0 spiro atoms. The Morgan fingerprint density at radius 3 is 2.56 bits per heavy atom. The van der Waals surface area contributed by atoms with E-state index in [-0.39, 0.29) is 39.4 Å². The van der Waals surface area contributed by atoms with Crippen LogP contribution in [0.1, 0.15) is 31.1 Å². The number of ketones is 3. The third-order valence-corrected chi connectivity index (χ3v) is 4.18. The third kappa shape index (κ3) is 2.30. The van der Waals surface area contributed by atoms with Crippen LogP contribution in [0.25, 0.3) is 0 Å². The Morgan fingerprint density at radius 1 is 1.00 bits per heavy atom. The molecule has 6 nitrogen and oxygen atoms in total. The lowest BCUT2D eigenvalue weighted by atomic mass is 9.80. The van der Waals surface area contributed by atoms with Crippen molar-refractivity contribution >= 4 is 29.3 Å². The molecule has 0 fully saturated rings. The number of carbonyl (C=O) groups excluding carboxylic acids is 5. The number of allylic oxidation sites excluding steroid dienone is 6. The van der Waals surface area contributed by atoms with Gasteiger partial charge in [-0.05, 0) is 18.2 Å². The summed E-state index contributed by atoms with van der Waals surface area (Å²) < 4.78 is 4.50. The lowest BCUT2D eigenvalue weighted by Gasteiger charge is -2.20. The van der Waals surface area contributed by atoms with Gasteiger partial charge in [0, 0.05) is 35.1 Å². The quantitative estimate of drug-likeness (QED) is 0.351. The molecule has 1 atom stereocenters. The van der Waals surface area contributed by atoms with Crippen molar-refractivity contribution in [1.82, 2.24) is 0 Å². The Bertz CT molecular complexity index is 989. The average molecular weight is 332 g/mol. The van der Waals surface area contributed by atoms with Crippen molar-refractivity contribution in [1.29, 1.82) is 0 Å². The second-order valence-electron chi connectivity index (χ2n) is 5.66. The van der Waals surface area contributed by atoms with Crippen LogP contribution in [0.3, 0.4) is 0 Å². The van der Waals surface area contributed by atoms with Crippen LogP contribution in [-0.4, -0.2) is 29.3 Å². The summed E-state index contributed by atoms with van der Waals surface area (Å²) >= 11 is 0. The first-order valence-corrected chi connectivity index (χ1v) is 7.36. The SMILES string of the molecule is O=C1[C]=CC(=O)C2=C1[CH]C(C(=O)c1ccc3c(c1)C(=O)OC3=O)C=C2. The number of hydrogen-bond acceptors (Lipinski definition) is 6. The average Bonchev–Trinajstić information content (AvgIpc) is 2.91. The molecule has 1 unspecified atom stereocenters. The smallest absolute Gasteiger partial charge is 0.346 e. The van der Waals surface area contributed by atoms with Crippen LogP contribution in [0.15, 0.2) is 47.6 Å². The lowest BCUT2D eigenvalue weighted by Crippen LogP contribution is -2.24. The number of hydrogen-bond donors (Lipinski definition) is 0.